The van der Waals surface area contributed by atoms with Crippen LogP contribution in [0, 0.1) is 0 Å². The van der Waals surface area contributed by atoms with Crippen molar-refractivity contribution in [2.75, 3.05) is 39.8 Å². The van der Waals surface area contributed by atoms with Crippen LogP contribution >= 0.6 is 0 Å². The summed E-state index contributed by atoms with van der Waals surface area (Å²) in [5.41, 5.74) is 0. The number of nitrogens with zero attached hydrogens (tertiary/aromatic N) is 2. The second-order valence-corrected chi connectivity index (χ2v) is 4.90. The molecule has 0 radical (unpaired) electrons. The average Bonchev–Trinajstić information content (AvgIpc) is 2.62. The van der Waals surface area contributed by atoms with Crippen molar-refractivity contribution in [2.24, 2.45) is 0 Å². The van der Waals surface area contributed by atoms with Gasteiger partial charge in [-0.1, -0.05) is 0 Å². The minimum Gasteiger partial charge on any atom is -0.313 e. The number of hydrogen-bond donors (Lipinski definition) is 1. The summed E-state index contributed by atoms with van der Waals surface area (Å²) in [6, 6.07) is 1.50. The number of piperazine rings is 1. The highest BCUT2D eigenvalue weighted by Crippen LogP contribution is 2.12. The van der Waals surface area contributed by atoms with Gasteiger partial charge in [0.1, 0.15) is 0 Å². The van der Waals surface area contributed by atoms with Crippen molar-refractivity contribution in [1.29, 1.82) is 0 Å². The molecule has 3 nitrogen and oxygen atoms in total. The Bertz CT molecular complexity index is 177. The Balaban J connectivity index is 1.79. The van der Waals surface area contributed by atoms with Gasteiger partial charge in [-0.3, -0.25) is 4.90 Å². The fraction of sp³-hybridized carbons (Fsp3) is 1.00. The normalized spacial score (nSPS) is 36.4. The molecule has 82 valence electrons. The first-order valence-corrected chi connectivity index (χ1v) is 5.91. The lowest BCUT2D eigenvalue weighted by Crippen LogP contribution is -2.53. The molecule has 0 aliphatic carbocycles. The van der Waals surface area contributed by atoms with Crippen LogP contribution in [0.15, 0.2) is 0 Å². The fourth-order valence-electron chi connectivity index (χ4n) is 2.64. The summed E-state index contributed by atoms with van der Waals surface area (Å²) in [5.74, 6) is 0. The molecule has 14 heavy (non-hydrogen) atoms. The number of rotatable bonds is 2. The minimum absolute atomic E-state index is 0.733. The van der Waals surface area contributed by atoms with Crippen molar-refractivity contribution in [1.82, 2.24) is 15.1 Å². The monoisotopic (exact) mass is 197 g/mol. The smallest absolute Gasteiger partial charge is 0.0195 e. The molecular formula is C11H23N3. The Morgan fingerprint density at radius 1 is 1.36 bits per heavy atom. The van der Waals surface area contributed by atoms with Gasteiger partial charge < -0.3 is 10.2 Å². The molecular weight excluding hydrogens is 174 g/mol. The predicted molar refractivity (Wildman–Crippen MR) is 59.6 cm³/mol. The third-order valence-electron chi connectivity index (χ3n) is 3.59. The molecule has 0 spiro atoms. The van der Waals surface area contributed by atoms with Crippen molar-refractivity contribution in [2.45, 2.75) is 31.8 Å². The number of nitrogens with one attached hydrogen (secondary N) is 1. The summed E-state index contributed by atoms with van der Waals surface area (Å²) < 4.78 is 0. The van der Waals surface area contributed by atoms with Crippen LogP contribution in [-0.2, 0) is 0 Å². The predicted octanol–water partition coefficient (Wildman–Crippen LogP) is 0.374. The molecule has 2 heterocycles. The summed E-state index contributed by atoms with van der Waals surface area (Å²) in [6.07, 6.45) is 2.74. The topological polar surface area (TPSA) is 18.5 Å². The summed E-state index contributed by atoms with van der Waals surface area (Å²) in [6.45, 7) is 8.55. The first-order valence-electron chi connectivity index (χ1n) is 5.91. The van der Waals surface area contributed by atoms with Crippen LogP contribution < -0.4 is 5.32 Å². The van der Waals surface area contributed by atoms with Crippen LogP contribution in [0.1, 0.15) is 19.8 Å². The van der Waals surface area contributed by atoms with E-state index in [1.54, 1.807) is 0 Å². The Morgan fingerprint density at radius 2 is 2.21 bits per heavy atom. The van der Waals surface area contributed by atoms with Crippen LogP contribution in [0.2, 0.25) is 0 Å². The molecule has 1 N–H and O–H groups in total. The van der Waals surface area contributed by atoms with Crippen molar-refractivity contribution in [3.63, 3.8) is 0 Å². The zero-order valence-corrected chi connectivity index (χ0v) is 9.50. The molecule has 0 amide bonds. The second-order valence-electron chi connectivity index (χ2n) is 4.90. The van der Waals surface area contributed by atoms with Crippen molar-refractivity contribution < 1.29 is 0 Å². The van der Waals surface area contributed by atoms with Gasteiger partial charge in [-0.05, 0) is 33.4 Å². The van der Waals surface area contributed by atoms with Crippen LogP contribution in [0.3, 0.4) is 0 Å². The number of hydrogen-bond acceptors (Lipinski definition) is 3. The van der Waals surface area contributed by atoms with Crippen LogP contribution in [0.25, 0.3) is 0 Å². The van der Waals surface area contributed by atoms with Crippen LogP contribution in [-0.4, -0.2) is 61.7 Å². The van der Waals surface area contributed by atoms with E-state index in [4.69, 9.17) is 0 Å². The molecule has 2 unspecified atom stereocenters. The zero-order valence-electron chi connectivity index (χ0n) is 9.50. The minimum atomic E-state index is 0.733. The average molecular weight is 197 g/mol. The Kier molecular flexibility index (Phi) is 3.42. The zero-order chi connectivity index (χ0) is 9.97. The van der Waals surface area contributed by atoms with E-state index in [0.717, 1.165) is 12.1 Å². The highest BCUT2D eigenvalue weighted by Gasteiger charge is 2.25. The van der Waals surface area contributed by atoms with E-state index < -0.39 is 0 Å². The molecule has 0 bridgehead atoms. The van der Waals surface area contributed by atoms with Gasteiger partial charge in [0.25, 0.3) is 0 Å². The largest absolute Gasteiger partial charge is 0.313 e. The van der Waals surface area contributed by atoms with Crippen molar-refractivity contribution in [3.05, 3.63) is 0 Å². The highest BCUT2D eigenvalue weighted by atomic mass is 15.3. The van der Waals surface area contributed by atoms with Gasteiger partial charge >= 0.3 is 0 Å². The maximum atomic E-state index is 3.58. The third kappa shape index (κ3) is 2.47. The molecule has 0 saturated carbocycles. The van der Waals surface area contributed by atoms with Gasteiger partial charge in [-0.15, -0.1) is 0 Å². The fourth-order valence-corrected chi connectivity index (χ4v) is 2.64. The highest BCUT2D eigenvalue weighted by molar-refractivity contribution is 4.83. The number of likely N-dealkylation sites (N-methyl/N-ethyl adjacent to an activating group) is 1. The van der Waals surface area contributed by atoms with Crippen molar-refractivity contribution >= 4 is 0 Å². The lowest BCUT2D eigenvalue weighted by atomic mass is 10.1. The molecule has 2 rings (SSSR count). The van der Waals surface area contributed by atoms with Gasteiger partial charge in [0, 0.05) is 38.3 Å². The van der Waals surface area contributed by atoms with Crippen LogP contribution in [0.4, 0.5) is 0 Å². The van der Waals surface area contributed by atoms with E-state index >= 15 is 0 Å². The van der Waals surface area contributed by atoms with E-state index in [0.29, 0.717) is 0 Å². The Morgan fingerprint density at radius 3 is 2.86 bits per heavy atom. The molecule has 3 heteroatoms. The molecule has 2 atom stereocenters. The SMILES string of the molecule is CC1CN(C)CCN1CC1CCCN1. The first kappa shape index (κ1) is 10.4. The van der Waals surface area contributed by atoms with Gasteiger partial charge in [0.05, 0.1) is 0 Å². The van der Waals surface area contributed by atoms with Gasteiger partial charge in [-0.25, -0.2) is 0 Å². The molecule has 2 aliphatic heterocycles. The van der Waals surface area contributed by atoms with Crippen LogP contribution in [0.5, 0.6) is 0 Å². The quantitative estimate of drug-likeness (QED) is 0.690. The molecule has 2 saturated heterocycles. The van der Waals surface area contributed by atoms with E-state index in [1.165, 1.54) is 45.6 Å². The summed E-state index contributed by atoms with van der Waals surface area (Å²) in [4.78, 5) is 5.08. The van der Waals surface area contributed by atoms with Gasteiger partial charge in [0.15, 0.2) is 0 Å². The lowest BCUT2D eigenvalue weighted by molar-refractivity contribution is 0.0925. The lowest BCUT2D eigenvalue weighted by Gasteiger charge is -2.39. The van der Waals surface area contributed by atoms with E-state index in [-0.39, 0.29) is 0 Å². The molecule has 2 fully saturated rings. The second kappa shape index (κ2) is 4.60. The Labute approximate surface area is 87.4 Å². The van der Waals surface area contributed by atoms with Gasteiger partial charge in [0.2, 0.25) is 0 Å². The van der Waals surface area contributed by atoms with Gasteiger partial charge in [-0.2, -0.15) is 0 Å². The standard InChI is InChI=1S/C11H23N3/c1-10-8-13(2)6-7-14(10)9-11-4-3-5-12-11/h10-12H,3-9H2,1-2H3. The molecule has 0 aromatic carbocycles. The summed E-state index contributed by atoms with van der Waals surface area (Å²) >= 11 is 0. The maximum Gasteiger partial charge on any atom is 0.0195 e. The van der Waals surface area contributed by atoms with E-state index in [9.17, 15) is 0 Å². The maximum absolute atomic E-state index is 3.58. The van der Waals surface area contributed by atoms with E-state index in [2.05, 4.69) is 29.1 Å². The summed E-state index contributed by atoms with van der Waals surface area (Å²) in [5, 5.41) is 3.58. The van der Waals surface area contributed by atoms with E-state index in [1.807, 2.05) is 0 Å². The summed E-state index contributed by atoms with van der Waals surface area (Å²) in [7, 11) is 2.22. The first-order chi connectivity index (χ1) is 6.75. The third-order valence-corrected chi connectivity index (χ3v) is 3.59. The Hall–Kier alpha value is -0.120. The molecule has 0 aromatic heterocycles. The molecule has 0 aromatic rings. The molecule has 2 aliphatic rings. The van der Waals surface area contributed by atoms with Crippen molar-refractivity contribution in [3.8, 4) is 0 Å².